The summed E-state index contributed by atoms with van der Waals surface area (Å²) in [6, 6.07) is 17.6. The molecule has 0 spiro atoms. The molecule has 11 heteroatoms. The Hall–Kier alpha value is -5.50. The lowest BCUT2D eigenvalue weighted by molar-refractivity contribution is 0.102. The van der Waals surface area contributed by atoms with Crippen LogP contribution in [0.3, 0.4) is 0 Å². The quantitative estimate of drug-likeness (QED) is 0.347. The number of phenolic OH excluding ortho intramolecular Hbond substituents is 1. The molecule has 3 heterocycles. The van der Waals surface area contributed by atoms with Crippen molar-refractivity contribution in [3.05, 3.63) is 90.0 Å². The third-order valence-corrected chi connectivity index (χ3v) is 5.22. The summed E-state index contributed by atoms with van der Waals surface area (Å²) in [7, 11) is 0. The number of hydrogen-bond acceptors (Lipinski definition) is 9. The van der Waals surface area contributed by atoms with Crippen LogP contribution in [0.25, 0.3) is 16.7 Å². The van der Waals surface area contributed by atoms with Gasteiger partial charge in [-0.15, -0.1) is 10.2 Å². The molecular formula is C25H17N9O2. The third kappa shape index (κ3) is 4.22. The number of carbonyl (C=O) groups is 1. The minimum atomic E-state index is -0.562. The Morgan fingerprint density at radius 1 is 1.08 bits per heavy atom. The van der Waals surface area contributed by atoms with Crippen LogP contribution in [0.1, 0.15) is 21.6 Å². The first kappa shape index (κ1) is 22.3. The van der Waals surface area contributed by atoms with E-state index in [1.165, 1.54) is 23.3 Å². The summed E-state index contributed by atoms with van der Waals surface area (Å²) in [4.78, 5) is 25.6. The number of pyridine rings is 1. The second kappa shape index (κ2) is 9.40. The number of phenols is 1. The Balaban J connectivity index is 1.61. The number of nitriles is 1. The average Bonchev–Trinajstić information content (AvgIpc) is 3.31. The van der Waals surface area contributed by atoms with Crippen LogP contribution in [-0.2, 0) is 0 Å². The van der Waals surface area contributed by atoms with Crippen molar-refractivity contribution in [1.82, 2.24) is 24.7 Å². The molecule has 174 valence electrons. The number of carbonyl (C=O) groups excluding carboxylic acids is 1. The normalized spacial score (nSPS) is 11.0. The maximum atomic E-state index is 13.1. The predicted molar refractivity (Wildman–Crippen MR) is 131 cm³/mol. The number of fused-ring (bicyclic) bond motifs is 1. The molecule has 3 aromatic heterocycles. The van der Waals surface area contributed by atoms with Gasteiger partial charge in [-0.25, -0.2) is 15.0 Å². The smallest absolute Gasteiger partial charge is 0.260 e. The summed E-state index contributed by atoms with van der Waals surface area (Å²) in [6.45, 7) is 1.81. The van der Waals surface area contributed by atoms with Gasteiger partial charge in [0, 0.05) is 23.5 Å². The molecule has 0 radical (unpaired) electrons. The third-order valence-electron chi connectivity index (χ3n) is 5.22. The fourth-order valence-corrected chi connectivity index (χ4v) is 3.55. The van der Waals surface area contributed by atoms with E-state index in [0.717, 1.165) is 5.69 Å². The van der Waals surface area contributed by atoms with Crippen molar-refractivity contribution in [2.45, 2.75) is 6.92 Å². The van der Waals surface area contributed by atoms with Gasteiger partial charge in [0.05, 0.1) is 11.8 Å². The van der Waals surface area contributed by atoms with Crippen LogP contribution in [0.5, 0.6) is 5.75 Å². The van der Waals surface area contributed by atoms with Crippen molar-refractivity contribution in [1.29, 1.82) is 5.26 Å². The summed E-state index contributed by atoms with van der Waals surface area (Å²) in [5.74, 6) is -0.315. The number of anilines is 1. The summed E-state index contributed by atoms with van der Waals surface area (Å²) >= 11 is 0. The van der Waals surface area contributed by atoms with Crippen molar-refractivity contribution >= 4 is 34.0 Å². The molecule has 5 rings (SSSR count). The van der Waals surface area contributed by atoms with E-state index in [-0.39, 0.29) is 34.3 Å². The molecule has 0 unspecified atom stereocenters. The van der Waals surface area contributed by atoms with Gasteiger partial charge >= 0.3 is 0 Å². The first-order valence-corrected chi connectivity index (χ1v) is 10.7. The minimum Gasteiger partial charge on any atom is -0.505 e. The van der Waals surface area contributed by atoms with Crippen molar-refractivity contribution in [2.24, 2.45) is 10.2 Å². The molecule has 0 aliphatic rings. The Bertz CT molecular complexity index is 1670. The highest BCUT2D eigenvalue weighted by atomic mass is 16.3. The van der Waals surface area contributed by atoms with Gasteiger partial charge in [0.25, 0.3) is 11.9 Å². The Kier molecular flexibility index (Phi) is 5.82. The Morgan fingerprint density at radius 2 is 1.89 bits per heavy atom. The van der Waals surface area contributed by atoms with E-state index in [1.807, 2.05) is 19.1 Å². The number of benzene rings is 2. The lowest BCUT2D eigenvalue weighted by Crippen LogP contribution is -2.13. The molecule has 0 fully saturated rings. The van der Waals surface area contributed by atoms with Crippen molar-refractivity contribution < 1.29 is 9.90 Å². The molecule has 2 N–H and O–H groups in total. The van der Waals surface area contributed by atoms with Crippen molar-refractivity contribution in [3.8, 4) is 17.8 Å². The molecule has 36 heavy (non-hydrogen) atoms. The summed E-state index contributed by atoms with van der Waals surface area (Å²) < 4.78 is 1.27. The molecule has 2 aromatic carbocycles. The summed E-state index contributed by atoms with van der Waals surface area (Å²) in [6.07, 6.45) is 4.38. The molecular weight excluding hydrogens is 458 g/mol. The van der Waals surface area contributed by atoms with Gasteiger partial charge in [-0.05, 0) is 36.6 Å². The van der Waals surface area contributed by atoms with Gasteiger partial charge in [0.15, 0.2) is 11.6 Å². The number of aryl methyl sites for hydroxylation is 1. The number of azo groups is 1. The highest BCUT2D eigenvalue weighted by Crippen LogP contribution is 2.40. The monoisotopic (exact) mass is 475 g/mol. The number of nitrogens with one attached hydrogen (secondary N) is 1. The molecule has 0 aliphatic heterocycles. The highest BCUT2D eigenvalue weighted by molar-refractivity contribution is 6.11. The topological polar surface area (TPSA) is 154 Å². The number of hydrogen-bond donors (Lipinski definition) is 2. The molecule has 1 amide bonds. The van der Waals surface area contributed by atoms with Gasteiger partial charge in [-0.1, -0.05) is 30.3 Å². The first-order chi connectivity index (χ1) is 17.5. The zero-order valence-electron chi connectivity index (χ0n) is 18.9. The molecule has 0 saturated carbocycles. The standard InChI is InChI=1S/C25H17N9O2/c1-15-6-4-9-20(30-15)31-24(36)19-12-16-7-2-3-8-18(16)21(22(19)35)32-33-23-17(13-26)14-29-34(23)25-27-10-5-11-28-25/h2-12,14,35H,1H3,(H,30,31,36). The van der Waals surface area contributed by atoms with E-state index in [4.69, 9.17) is 0 Å². The van der Waals surface area contributed by atoms with Crippen LogP contribution in [0.15, 0.2) is 83.4 Å². The fourth-order valence-electron chi connectivity index (χ4n) is 3.55. The number of aromatic nitrogens is 5. The van der Waals surface area contributed by atoms with Crippen LogP contribution in [0, 0.1) is 18.3 Å². The fraction of sp³-hybridized carbons (Fsp3) is 0.0400. The second-order valence-corrected chi connectivity index (χ2v) is 7.62. The van der Waals surface area contributed by atoms with Gasteiger partial charge in [-0.2, -0.15) is 15.0 Å². The maximum Gasteiger partial charge on any atom is 0.260 e. The highest BCUT2D eigenvalue weighted by Gasteiger charge is 2.20. The van der Waals surface area contributed by atoms with E-state index in [0.29, 0.717) is 16.6 Å². The minimum absolute atomic E-state index is 0.00800. The average molecular weight is 475 g/mol. The van der Waals surface area contributed by atoms with Gasteiger partial charge < -0.3 is 10.4 Å². The van der Waals surface area contributed by atoms with E-state index < -0.39 is 5.91 Å². The van der Waals surface area contributed by atoms with E-state index in [1.54, 1.807) is 48.5 Å². The van der Waals surface area contributed by atoms with Crippen LogP contribution >= 0.6 is 0 Å². The predicted octanol–water partition coefficient (Wildman–Crippen LogP) is 4.76. The number of aromatic hydroxyl groups is 1. The molecule has 0 saturated heterocycles. The maximum absolute atomic E-state index is 13.1. The Labute approximate surface area is 204 Å². The molecule has 11 nitrogen and oxygen atoms in total. The summed E-state index contributed by atoms with van der Waals surface area (Å²) in [5, 5.41) is 37.1. The largest absolute Gasteiger partial charge is 0.505 e. The van der Waals surface area contributed by atoms with Crippen molar-refractivity contribution in [3.63, 3.8) is 0 Å². The van der Waals surface area contributed by atoms with Crippen molar-refractivity contribution in [2.75, 3.05) is 5.32 Å². The van der Waals surface area contributed by atoms with Crippen LogP contribution in [0.4, 0.5) is 17.3 Å². The zero-order valence-corrected chi connectivity index (χ0v) is 18.9. The molecule has 0 atom stereocenters. The van der Waals surface area contributed by atoms with Gasteiger partial charge in [-0.3, -0.25) is 4.79 Å². The number of nitrogens with zero attached hydrogens (tertiary/aromatic N) is 8. The molecule has 0 bridgehead atoms. The van der Waals surface area contributed by atoms with Crippen LogP contribution in [0.2, 0.25) is 0 Å². The number of rotatable bonds is 5. The first-order valence-electron chi connectivity index (χ1n) is 10.7. The molecule has 0 aliphatic carbocycles. The van der Waals surface area contributed by atoms with E-state index in [2.05, 4.69) is 35.6 Å². The Morgan fingerprint density at radius 3 is 2.67 bits per heavy atom. The van der Waals surface area contributed by atoms with Crippen LogP contribution < -0.4 is 5.32 Å². The second-order valence-electron chi connectivity index (χ2n) is 7.62. The SMILES string of the molecule is Cc1cccc(NC(=O)c2cc3ccccc3c(N=Nc3c(C#N)cnn3-c3ncccn3)c2O)n1. The van der Waals surface area contributed by atoms with E-state index >= 15 is 0 Å². The van der Waals surface area contributed by atoms with E-state index in [9.17, 15) is 15.2 Å². The van der Waals surface area contributed by atoms with Gasteiger partial charge in [0.2, 0.25) is 0 Å². The summed E-state index contributed by atoms with van der Waals surface area (Å²) in [5.41, 5.74) is 0.916. The lowest BCUT2D eigenvalue weighted by atomic mass is 10.0. The van der Waals surface area contributed by atoms with Gasteiger partial charge in [0.1, 0.15) is 23.1 Å². The lowest BCUT2D eigenvalue weighted by Gasteiger charge is -2.11. The number of amides is 1. The van der Waals surface area contributed by atoms with Crippen LogP contribution in [-0.4, -0.2) is 35.7 Å². The zero-order chi connectivity index (χ0) is 25.1. The molecule has 5 aromatic rings.